The van der Waals surface area contributed by atoms with E-state index in [0.29, 0.717) is 0 Å². The van der Waals surface area contributed by atoms with Crippen molar-refractivity contribution >= 4 is 59.5 Å². The topological polar surface area (TPSA) is 54.4 Å². The molecule has 0 heterocycles. The molecule has 64 valence electrons. The van der Waals surface area contributed by atoms with E-state index in [4.69, 9.17) is 5.11 Å². The zero-order chi connectivity index (χ0) is 9.02. The Morgan fingerprint density at radius 3 is 2.00 bits per heavy atom. The number of ketones is 1. The summed E-state index contributed by atoms with van der Waals surface area (Å²) in [5.41, 5.74) is 0. The Kier molecular flexibility index (Phi) is 5.54. The van der Waals surface area contributed by atoms with Crippen molar-refractivity contribution in [3.05, 3.63) is 0 Å². The second kappa shape index (κ2) is 5.27. The molecule has 3 nitrogen and oxygen atoms in total. The Labute approximate surface area is 88.9 Å². The summed E-state index contributed by atoms with van der Waals surface area (Å²) in [6.45, 7) is 0. The molecule has 1 N–H and O–H groups in total. The van der Waals surface area contributed by atoms with Crippen molar-refractivity contribution in [3.8, 4) is 0 Å². The molecule has 0 saturated heterocycles. The third kappa shape index (κ3) is 4.92. The fourth-order valence-corrected chi connectivity index (χ4v) is 2.28. The zero-order valence-corrected chi connectivity index (χ0v) is 10.0. The monoisotopic (exact) mass is 350 g/mol. The quantitative estimate of drug-likeness (QED) is 0.786. The molecular formula is C5H5Br3O3. The molecule has 0 aliphatic heterocycles. The van der Waals surface area contributed by atoms with Gasteiger partial charge >= 0.3 is 5.97 Å². The number of carboxylic acid groups (broad SMARTS) is 1. The average molecular weight is 353 g/mol. The number of Topliss-reactive ketones (excluding diaryl/α,β-unsaturated/α-hetero) is 1. The van der Waals surface area contributed by atoms with E-state index >= 15 is 0 Å². The predicted octanol–water partition coefficient (Wildman–Crippen LogP) is 1.91. The van der Waals surface area contributed by atoms with Gasteiger partial charge in [-0.2, -0.15) is 0 Å². The number of halogens is 3. The van der Waals surface area contributed by atoms with Gasteiger partial charge in [-0.25, -0.2) is 0 Å². The number of carboxylic acids is 1. The van der Waals surface area contributed by atoms with Crippen LogP contribution in [-0.2, 0) is 9.59 Å². The van der Waals surface area contributed by atoms with Crippen LogP contribution < -0.4 is 0 Å². The summed E-state index contributed by atoms with van der Waals surface area (Å²) in [5.74, 6) is -1.23. The number of carbonyl (C=O) groups excluding carboxylic acids is 1. The van der Waals surface area contributed by atoms with Crippen LogP contribution in [0, 0.1) is 0 Å². The molecule has 0 aromatic heterocycles. The number of aliphatic carboxylic acids is 1. The lowest BCUT2D eigenvalue weighted by Gasteiger charge is -2.05. The first-order valence-electron chi connectivity index (χ1n) is 2.63. The van der Waals surface area contributed by atoms with Gasteiger partial charge in [0.15, 0.2) is 5.78 Å². The second-order valence-corrected chi connectivity index (χ2v) is 5.93. The van der Waals surface area contributed by atoms with Gasteiger partial charge in [-0.05, 0) is 0 Å². The minimum atomic E-state index is -0.999. The molecule has 0 bridgehead atoms. The van der Waals surface area contributed by atoms with Crippen LogP contribution in [0.3, 0.4) is 0 Å². The lowest BCUT2D eigenvalue weighted by atomic mass is 10.2. The highest BCUT2D eigenvalue weighted by molar-refractivity contribution is 9.25. The first-order valence-corrected chi connectivity index (χ1v) is 5.37. The minimum absolute atomic E-state index is 0.202. The fourth-order valence-electron chi connectivity index (χ4n) is 0.391. The van der Waals surface area contributed by atoms with E-state index in [0.717, 1.165) is 0 Å². The Balaban J connectivity index is 3.93. The van der Waals surface area contributed by atoms with Gasteiger partial charge in [0.2, 0.25) is 0 Å². The third-order valence-corrected chi connectivity index (χ3v) is 2.56. The molecule has 0 saturated carbocycles. The minimum Gasteiger partial charge on any atom is -0.481 e. The third-order valence-electron chi connectivity index (χ3n) is 0.878. The van der Waals surface area contributed by atoms with Crippen LogP contribution in [-0.4, -0.2) is 25.4 Å². The normalized spacial score (nSPS) is 13.1. The summed E-state index contributed by atoms with van der Waals surface area (Å²) in [7, 11) is 0. The van der Waals surface area contributed by atoms with Gasteiger partial charge in [0.25, 0.3) is 0 Å². The van der Waals surface area contributed by atoms with E-state index in [9.17, 15) is 9.59 Å². The number of hydrogen-bond acceptors (Lipinski definition) is 2. The second-order valence-electron chi connectivity index (χ2n) is 1.77. The Hall–Kier alpha value is 0.580. The Bertz CT molecular complexity index is 168. The van der Waals surface area contributed by atoms with E-state index in [1.54, 1.807) is 0 Å². The summed E-state index contributed by atoms with van der Waals surface area (Å²) >= 11 is 8.90. The summed E-state index contributed by atoms with van der Waals surface area (Å²) in [4.78, 5) is 20.5. The van der Waals surface area contributed by atoms with Gasteiger partial charge in [-0.1, -0.05) is 47.8 Å². The van der Waals surface area contributed by atoms with Gasteiger partial charge in [-0.15, -0.1) is 0 Å². The molecule has 0 unspecified atom stereocenters. The van der Waals surface area contributed by atoms with E-state index in [1.165, 1.54) is 0 Å². The summed E-state index contributed by atoms with van der Waals surface area (Å²) < 4.78 is -0.487. The maximum absolute atomic E-state index is 11.0. The molecule has 11 heavy (non-hydrogen) atoms. The molecule has 0 aromatic rings. The first kappa shape index (κ1) is 11.6. The molecular weight excluding hydrogens is 348 g/mol. The largest absolute Gasteiger partial charge is 0.481 e. The predicted molar refractivity (Wildman–Crippen MR) is 51.6 cm³/mol. The highest BCUT2D eigenvalue weighted by atomic mass is 79.9. The van der Waals surface area contributed by atoms with Crippen LogP contribution in [0.4, 0.5) is 0 Å². The van der Waals surface area contributed by atoms with Crippen LogP contribution in [0.1, 0.15) is 6.42 Å². The van der Waals surface area contributed by atoms with Crippen LogP contribution in [0.15, 0.2) is 0 Å². The number of carbonyl (C=O) groups is 2. The van der Waals surface area contributed by atoms with Crippen molar-refractivity contribution in [2.24, 2.45) is 0 Å². The van der Waals surface area contributed by atoms with E-state index in [1.807, 2.05) is 0 Å². The van der Waals surface area contributed by atoms with Crippen molar-refractivity contribution in [1.29, 1.82) is 0 Å². The molecule has 0 spiro atoms. The molecule has 0 amide bonds. The Morgan fingerprint density at radius 1 is 1.27 bits per heavy atom. The molecule has 1 atom stereocenters. The van der Waals surface area contributed by atoms with Gasteiger partial charge in [-0.3, -0.25) is 9.59 Å². The maximum Gasteiger partial charge on any atom is 0.304 e. The summed E-state index contributed by atoms with van der Waals surface area (Å²) in [6.07, 6.45) is -0.202. The standard InChI is InChI=1S/C5H5Br3O3/c6-2(1-3(9)10)4(11)5(7)8/h2,5H,1H2,(H,9,10)/t2-/m1/s1. The lowest BCUT2D eigenvalue weighted by molar-refractivity contribution is -0.138. The van der Waals surface area contributed by atoms with Crippen molar-refractivity contribution in [2.75, 3.05) is 0 Å². The van der Waals surface area contributed by atoms with Gasteiger partial charge in [0.1, 0.15) is 3.74 Å². The van der Waals surface area contributed by atoms with Crippen molar-refractivity contribution < 1.29 is 14.7 Å². The highest BCUT2D eigenvalue weighted by Gasteiger charge is 2.22. The molecule has 0 aliphatic rings. The molecule has 0 radical (unpaired) electrons. The van der Waals surface area contributed by atoms with E-state index in [-0.39, 0.29) is 12.2 Å². The van der Waals surface area contributed by atoms with Gasteiger partial charge in [0, 0.05) is 0 Å². The van der Waals surface area contributed by atoms with Crippen LogP contribution in [0.5, 0.6) is 0 Å². The van der Waals surface area contributed by atoms with E-state index < -0.39 is 14.5 Å². The molecule has 0 fully saturated rings. The molecule has 0 aliphatic carbocycles. The van der Waals surface area contributed by atoms with Crippen LogP contribution >= 0.6 is 47.8 Å². The Morgan fingerprint density at radius 2 is 1.73 bits per heavy atom. The van der Waals surface area contributed by atoms with Crippen molar-refractivity contribution in [1.82, 2.24) is 0 Å². The summed E-state index contributed by atoms with van der Waals surface area (Å²) in [5, 5.41) is 8.30. The molecule has 0 aromatic carbocycles. The zero-order valence-electron chi connectivity index (χ0n) is 5.26. The number of alkyl halides is 3. The van der Waals surface area contributed by atoms with Crippen molar-refractivity contribution in [2.45, 2.75) is 15.0 Å². The number of rotatable bonds is 4. The van der Waals surface area contributed by atoms with Crippen LogP contribution in [0.2, 0.25) is 0 Å². The lowest BCUT2D eigenvalue weighted by Crippen LogP contribution is -2.22. The van der Waals surface area contributed by atoms with Crippen molar-refractivity contribution in [3.63, 3.8) is 0 Å². The fraction of sp³-hybridized carbons (Fsp3) is 0.600. The number of hydrogen-bond donors (Lipinski definition) is 1. The SMILES string of the molecule is O=C(O)C[C@@H](Br)C(=O)C(Br)Br. The van der Waals surface area contributed by atoms with Gasteiger partial charge < -0.3 is 5.11 Å². The average Bonchev–Trinajstić information content (AvgIpc) is 1.84. The van der Waals surface area contributed by atoms with Crippen LogP contribution in [0.25, 0.3) is 0 Å². The van der Waals surface area contributed by atoms with E-state index in [2.05, 4.69) is 47.8 Å². The van der Waals surface area contributed by atoms with Gasteiger partial charge in [0.05, 0.1) is 11.2 Å². The smallest absolute Gasteiger partial charge is 0.304 e. The molecule has 0 rings (SSSR count). The maximum atomic E-state index is 11.0. The molecule has 6 heteroatoms. The highest BCUT2D eigenvalue weighted by Crippen LogP contribution is 2.17. The summed E-state index contributed by atoms with van der Waals surface area (Å²) in [6, 6.07) is 0. The first-order chi connectivity index (χ1) is 4.95.